The summed E-state index contributed by atoms with van der Waals surface area (Å²) in [6.07, 6.45) is 20.7. The lowest BCUT2D eigenvalue weighted by Crippen LogP contribution is -2.07. The highest BCUT2D eigenvalue weighted by molar-refractivity contribution is 5.45. The Kier molecular flexibility index (Phi) is 14.3. The van der Waals surface area contributed by atoms with E-state index in [9.17, 15) is 0 Å². The summed E-state index contributed by atoms with van der Waals surface area (Å²) in [7, 11) is 0. The Morgan fingerprint density at radius 3 is 2.11 bits per heavy atom. The quantitative estimate of drug-likeness (QED) is 0.243. The minimum atomic E-state index is 0.429. The lowest BCUT2D eigenvalue weighted by atomic mass is 9.92. The molecule has 0 aliphatic carbocycles. The molecule has 27 heavy (non-hydrogen) atoms. The fourth-order valence-corrected chi connectivity index (χ4v) is 2.83. The van der Waals surface area contributed by atoms with Crippen LogP contribution in [0.25, 0.3) is 0 Å². The van der Waals surface area contributed by atoms with Gasteiger partial charge in [0.25, 0.3) is 0 Å². The molecular weight excluding hydrogens is 326 g/mol. The second-order valence-electron chi connectivity index (χ2n) is 7.64. The zero-order valence-corrected chi connectivity index (χ0v) is 18.6. The zero-order valence-electron chi connectivity index (χ0n) is 18.6. The molecule has 0 heterocycles. The number of allylic oxidation sites excluding steroid dienone is 8. The van der Waals surface area contributed by atoms with E-state index in [1.165, 1.54) is 17.6 Å². The average molecular weight is 370 g/mol. The SMILES string of the molecule is C=CC(C)C/C=C/CC/C(C(=C)/C(N)=C\C(C)C/C=C/CCC)=C(/C)CC. The maximum absolute atomic E-state index is 6.40. The molecule has 152 valence electrons. The Morgan fingerprint density at radius 1 is 0.963 bits per heavy atom. The Labute approximate surface area is 169 Å². The second kappa shape index (κ2) is 15.3. The van der Waals surface area contributed by atoms with Crippen LogP contribution in [0.2, 0.25) is 0 Å². The number of hydrogen-bond acceptors (Lipinski definition) is 1. The first-order valence-corrected chi connectivity index (χ1v) is 10.6. The third kappa shape index (κ3) is 11.5. The van der Waals surface area contributed by atoms with Gasteiger partial charge in [0, 0.05) is 5.70 Å². The molecule has 0 aromatic rings. The van der Waals surface area contributed by atoms with Crippen LogP contribution >= 0.6 is 0 Å². The molecule has 0 aromatic carbocycles. The van der Waals surface area contributed by atoms with Crippen molar-refractivity contribution in [1.82, 2.24) is 0 Å². The van der Waals surface area contributed by atoms with Crippen molar-refractivity contribution in [2.75, 3.05) is 0 Å². The van der Waals surface area contributed by atoms with E-state index in [1.54, 1.807) is 0 Å². The van der Waals surface area contributed by atoms with E-state index in [1.807, 2.05) is 6.08 Å². The predicted octanol–water partition coefficient (Wildman–Crippen LogP) is 8.04. The van der Waals surface area contributed by atoms with Crippen LogP contribution in [0.5, 0.6) is 0 Å². The molecule has 0 aliphatic rings. The van der Waals surface area contributed by atoms with Gasteiger partial charge in [0.15, 0.2) is 0 Å². The Balaban J connectivity index is 4.91. The molecule has 0 saturated heterocycles. The molecule has 0 spiro atoms. The first kappa shape index (κ1) is 25.2. The summed E-state index contributed by atoms with van der Waals surface area (Å²) in [6.45, 7) is 19.2. The monoisotopic (exact) mass is 369 g/mol. The molecule has 0 fully saturated rings. The topological polar surface area (TPSA) is 26.0 Å². The summed E-state index contributed by atoms with van der Waals surface area (Å²) in [4.78, 5) is 0. The van der Waals surface area contributed by atoms with Gasteiger partial charge in [0.05, 0.1) is 0 Å². The highest BCUT2D eigenvalue weighted by Crippen LogP contribution is 2.26. The minimum Gasteiger partial charge on any atom is -0.399 e. The molecule has 0 bridgehead atoms. The fourth-order valence-electron chi connectivity index (χ4n) is 2.83. The number of unbranched alkanes of at least 4 members (excludes halogenated alkanes) is 1. The summed E-state index contributed by atoms with van der Waals surface area (Å²) in [5.74, 6) is 0.966. The largest absolute Gasteiger partial charge is 0.399 e. The van der Waals surface area contributed by atoms with E-state index in [-0.39, 0.29) is 0 Å². The summed E-state index contributed by atoms with van der Waals surface area (Å²) >= 11 is 0. The minimum absolute atomic E-state index is 0.429. The van der Waals surface area contributed by atoms with Crippen molar-refractivity contribution < 1.29 is 0 Å². The van der Waals surface area contributed by atoms with Gasteiger partial charge < -0.3 is 5.73 Å². The first-order chi connectivity index (χ1) is 12.9. The standard InChI is InChI=1S/C26H43N/c1-8-11-12-14-18-22(5)20-26(27)24(7)25(23(6)10-3)19-16-13-15-17-21(4)9-2/h9,12-15,20-22H,2,7-8,10-11,16-19,27H2,1,3-6H3/b14-12+,15-13+,25-23+,26-20+. The summed E-state index contributed by atoms with van der Waals surface area (Å²) in [6, 6.07) is 0. The fraction of sp³-hybridized carbons (Fsp3) is 0.538. The van der Waals surface area contributed by atoms with Crippen LogP contribution < -0.4 is 5.73 Å². The number of rotatable bonds is 14. The predicted molar refractivity (Wildman–Crippen MR) is 125 cm³/mol. The van der Waals surface area contributed by atoms with Gasteiger partial charge in [0.2, 0.25) is 0 Å². The molecule has 1 nitrogen and oxygen atoms in total. The number of nitrogens with two attached hydrogens (primary N) is 1. The van der Waals surface area contributed by atoms with Gasteiger partial charge in [-0.2, -0.15) is 0 Å². The second-order valence-corrected chi connectivity index (χ2v) is 7.64. The lowest BCUT2D eigenvalue weighted by Gasteiger charge is -2.16. The van der Waals surface area contributed by atoms with Crippen LogP contribution in [0.1, 0.15) is 79.6 Å². The van der Waals surface area contributed by atoms with E-state index >= 15 is 0 Å². The molecular formula is C26H43N. The van der Waals surface area contributed by atoms with Crippen LogP contribution in [0, 0.1) is 11.8 Å². The van der Waals surface area contributed by atoms with E-state index in [0.717, 1.165) is 49.8 Å². The molecule has 0 radical (unpaired) electrons. The third-order valence-corrected chi connectivity index (χ3v) is 4.99. The highest BCUT2D eigenvalue weighted by Gasteiger charge is 2.09. The van der Waals surface area contributed by atoms with Crippen LogP contribution in [0.15, 0.2) is 72.0 Å². The van der Waals surface area contributed by atoms with Crippen molar-refractivity contribution in [2.45, 2.75) is 79.6 Å². The van der Waals surface area contributed by atoms with Crippen LogP contribution in [0.4, 0.5) is 0 Å². The molecule has 0 aromatic heterocycles. The molecule has 2 atom stereocenters. The third-order valence-electron chi connectivity index (χ3n) is 4.99. The van der Waals surface area contributed by atoms with E-state index < -0.39 is 0 Å². The van der Waals surface area contributed by atoms with Crippen LogP contribution in [-0.2, 0) is 0 Å². The van der Waals surface area contributed by atoms with Crippen LogP contribution in [0.3, 0.4) is 0 Å². The summed E-state index contributed by atoms with van der Waals surface area (Å²) < 4.78 is 0. The van der Waals surface area contributed by atoms with E-state index in [2.05, 4.69) is 78.2 Å². The van der Waals surface area contributed by atoms with Gasteiger partial charge in [-0.15, -0.1) is 6.58 Å². The lowest BCUT2D eigenvalue weighted by molar-refractivity contribution is 0.733. The average Bonchev–Trinajstić information content (AvgIpc) is 2.66. The van der Waals surface area contributed by atoms with E-state index in [0.29, 0.717) is 11.8 Å². The van der Waals surface area contributed by atoms with Gasteiger partial charge in [0.1, 0.15) is 0 Å². The molecule has 0 saturated carbocycles. The van der Waals surface area contributed by atoms with E-state index in [4.69, 9.17) is 5.73 Å². The molecule has 0 amide bonds. The first-order valence-electron chi connectivity index (χ1n) is 10.6. The van der Waals surface area contributed by atoms with Gasteiger partial charge in [-0.1, -0.05) is 82.7 Å². The van der Waals surface area contributed by atoms with Crippen molar-refractivity contribution >= 4 is 0 Å². The zero-order chi connectivity index (χ0) is 20.7. The Hall–Kier alpha value is -1.76. The maximum atomic E-state index is 6.40. The van der Waals surface area contributed by atoms with Crippen molar-refractivity contribution in [1.29, 1.82) is 0 Å². The smallest absolute Gasteiger partial charge is 0.0346 e. The maximum Gasteiger partial charge on any atom is 0.0346 e. The van der Waals surface area contributed by atoms with Crippen LogP contribution in [-0.4, -0.2) is 0 Å². The summed E-state index contributed by atoms with van der Waals surface area (Å²) in [5.41, 5.74) is 11.0. The van der Waals surface area contributed by atoms with Gasteiger partial charge in [-0.3, -0.25) is 0 Å². The van der Waals surface area contributed by atoms with Gasteiger partial charge >= 0.3 is 0 Å². The normalized spacial score (nSPS) is 15.8. The molecule has 0 aliphatic heterocycles. The molecule has 2 N–H and O–H groups in total. The van der Waals surface area contributed by atoms with Crippen molar-refractivity contribution in [3.05, 3.63) is 72.0 Å². The Bertz CT molecular complexity index is 557. The Morgan fingerprint density at radius 2 is 1.56 bits per heavy atom. The van der Waals surface area contributed by atoms with Crippen molar-refractivity contribution in [3.8, 4) is 0 Å². The van der Waals surface area contributed by atoms with Gasteiger partial charge in [-0.05, 0) is 68.4 Å². The highest BCUT2D eigenvalue weighted by atomic mass is 14.6. The molecule has 1 heteroatoms. The van der Waals surface area contributed by atoms with Gasteiger partial charge in [-0.25, -0.2) is 0 Å². The molecule has 2 unspecified atom stereocenters. The molecule has 0 rings (SSSR count). The van der Waals surface area contributed by atoms with Crippen molar-refractivity contribution in [2.24, 2.45) is 17.6 Å². The summed E-state index contributed by atoms with van der Waals surface area (Å²) in [5, 5.41) is 0. The number of hydrogen-bond donors (Lipinski definition) is 1. The van der Waals surface area contributed by atoms with Crippen molar-refractivity contribution in [3.63, 3.8) is 0 Å².